The number of aromatic nitrogens is 3. The van der Waals surface area contributed by atoms with E-state index in [2.05, 4.69) is 40.9 Å². The van der Waals surface area contributed by atoms with Crippen LogP contribution in [0.25, 0.3) is 0 Å². The fraction of sp³-hybridized carbons (Fsp3) is 0.867. The highest BCUT2D eigenvalue weighted by Gasteiger charge is 2.26. The van der Waals surface area contributed by atoms with Gasteiger partial charge in [0.25, 0.3) is 0 Å². The van der Waals surface area contributed by atoms with Crippen LogP contribution in [-0.2, 0) is 6.54 Å². The zero-order valence-corrected chi connectivity index (χ0v) is 12.7. The van der Waals surface area contributed by atoms with Crippen LogP contribution in [-0.4, -0.2) is 21.3 Å². The first-order valence-electron chi connectivity index (χ1n) is 7.98. The maximum atomic E-state index is 4.53. The molecule has 2 atom stereocenters. The van der Waals surface area contributed by atoms with Crippen molar-refractivity contribution >= 4 is 0 Å². The van der Waals surface area contributed by atoms with Crippen LogP contribution >= 0.6 is 0 Å². The van der Waals surface area contributed by atoms with E-state index in [-0.39, 0.29) is 0 Å². The van der Waals surface area contributed by atoms with Crippen molar-refractivity contribution in [3.63, 3.8) is 0 Å². The quantitative estimate of drug-likeness (QED) is 0.820. The standard InChI is InChI=1S/C15H28N4/c1-4-7-9-12(6-3)14-17-18-15-13(8-5-2)16-10-11-19(14)15/h12-13,16H,4-11H2,1-3H3. The zero-order chi connectivity index (χ0) is 13.7. The Morgan fingerprint density at radius 3 is 2.79 bits per heavy atom. The van der Waals surface area contributed by atoms with Crippen molar-refractivity contribution in [2.24, 2.45) is 0 Å². The molecule has 1 aliphatic heterocycles. The van der Waals surface area contributed by atoms with Crippen molar-refractivity contribution in [1.82, 2.24) is 20.1 Å². The molecule has 0 fully saturated rings. The zero-order valence-electron chi connectivity index (χ0n) is 12.7. The minimum atomic E-state index is 0.406. The number of hydrogen-bond donors (Lipinski definition) is 1. The predicted molar refractivity (Wildman–Crippen MR) is 78.2 cm³/mol. The number of nitrogens with one attached hydrogen (secondary N) is 1. The fourth-order valence-corrected chi connectivity index (χ4v) is 3.04. The van der Waals surface area contributed by atoms with Gasteiger partial charge in [-0.1, -0.05) is 40.0 Å². The van der Waals surface area contributed by atoms with Gasteiger partial charge in [0.1, 0.15) is 11.6 Å². The number of hydrogen-bond acceptors (Lipinski definition) is 3. The smallest absolute Gasteiger partial charge is 0.150 e. The molecule has 4 nitrogen and oxygen atoms in total. The molecule has 2 rings (SSSR count). The molecule has 0 saturated heterocycles. The molecule has 0 radical (unpaired) electrons. The molecule has 108 valence electrons. The van der Waals surface area contributed by atoms with E-state index in [1.165, 1.54) is 37.9 Å². The van der Waals surface area contributed by atoms with E-state index >= 15 is 0 Å². The van der Waals surface area contributed by atoms with Crippen LogP contribution in [0.1, 0.15) is 82.9 Å². The van der Waals surface area contributed by atoms with Crippen LogP contribution in [0, 0.1) is 0 Å². The molecule has 1 aliphatic rings. The summed E-state index contributed by atoms with van der Waals surface area (Å²) in [4.78, 5) is 0. The third kappa shape index (κ3) is 3.16. The van der Waals surface area contributed by atoms with Crippen LogP contribution in [0.4, 0.5) is 0 Å². The minimum Gasteiger partial charge on any atom is -0.312 e. The molecular formula is C15H28N4. The van der Waals surface area contributed by atoms with E-state index < -0.39 is 0 Å². The van der Waals surface area contributed by atoms with Gasteiger partial charge in [0.2, 0.25) is 0 Å². The van der Waals surface area contributed by atoms with Crippen molar-refractivity contribution in [3.05, 3.63) is 11.6 Å². The Bertz CT molecular complexity index is 385. The van der Waals surface area contributed by atoms with Crippen molar-refractivity contribution in [3.8, 4) is 0 Å². The second-order valence-electron chi connectivity index (χ2n) is 5.61. The monoisotopic (exact) mass is 264 g/mol. The van der Waals surface area contributed by atoms with Crippen LogP contribution in [0.15, 0.2) is 0 Å². The minimum absolute atomic E-state index is 0.406. The third-order valence-electron chi connectivity index (χ3n) is 4.19. The van der Waals surface area contributed by atoms with Crippen molar-refractivity contribution in [1.29, 1.82) is 0 Å². The summed E-state index contributed by atoms with van der Waals surface area (Å²) in [5.41, 5.74) is 0. The largest absolute Gasteiger partial charge is 0.312 e. The first-order chi connectivity index (χ1) is 9.31. The fourth-order valence-electron chi connectivity index (χ4n) is 3.04. The van der Waals surface area contributed by atoms with E-state index in [9.17, 15) is 0 Å². The van der Waals surface area contributed by atoms with Crippen LogP contribution in [0.5, 0.6) is 0 Å². The molecule has 4 heteroatoms. The Hall–Kier alpha value is -0.900. The second-order valence-corrected chi connectivity index (χ2v) is 5.61. The summed E-state index contributed by atoms with van der Waals surface area (Å²) in [6.07, 6.45) is 7.31. The summed E-state index contributed by atoms with van der Waals surface area (Å²) in [7, 11) is 0. The topological polar surface area (TPSA) is 42.7 Å². The Kier molecular flexibility index (Phi) is 5.37. The lowest BCUT2D eigenvalue weighted by atomic mass is 9.98. The normalized spacial score (nSPS) is 20.3. The average molecular weight is 264 g/mol. The summed E-state index contributed by atoms with van der Waals surface area (Å²) in [5, 5.41) is 12.6. The Balaban J connectivity index is 2.18. The van der Waals surface area contributed by atoms with Gasteiger partial charge in [-0.15, -0.1) is 10.2 Å². The Morgan fingerprint density at radius 2 is 2.11 bits per heavy atom. The highest BCUT2D eigenvalue weighted by Crippen LogP contribution is 2.28. The summed E-state index contributed by atoms with van der Waals surface area (Å²) < 4.78 is 2.39. The lowest BCUT2D eigenvalue weighted by Crippen LogP contribution is -2.34. The number of nitrogens with zero attached hydrogens (tertiary/aromatic N) is 3. The summed E-state index contributed by atoms with van der Waals surface area (Å²) in [6.45, 7) is 8.83. The van der Waals surface area contributed by atoms with Crippen molar-refractivity contribution in [2.45, 2.75) is 77.8 Å². The van der Waals surface area contributed by atoms with Crippen LogP contribution in [0.3, 0.4) is 0 Å². The van der Waals surface area contributed by atoms with Gasteiger partial charge in [0, 0.05) is 19.0 Å². The van der Waals surface area contributed by atoms with Crippen molar-refractivity contribution in [2.75, 3.05) is 6.54 Å². The van der Waals surface area contributed by atoms with E-state index in [4.69, 9.17) is 0 Å². The molecule has 19 heavy (non-hydrogen) atoms. The first-order valence-corrected chi connectivity index (χ1v) is 7.98. The molecule has 1 aromatic rings. The molecule has 0 amide bonds. The Morgan fingerprint density at radius 1 is 1.26 bits per heavy atom. The molecule has 2 unspecified atom stereocenters. The van der Waals surface area contributed by atoms with Crippen LogP contribution in [0.2, 0.25) is 0 Å². The lowest BCUT2D eigenvalue weighted by molar-refractivity contribution is 0.380. The molecule has 1 N–H and O–H groups in total. The number of rotatable bonds is 7. The maximum Gasteiger partial charge on any atom is 0.150 e. The van der Waals surface area contributed by atoms with Gasteiger partial charge in [-0.2, -0.15) is 0 Å². The van der Waals surface area contributed by atoms with Gasteiger partial charge in [-0.25, -0.2) is 0 Å². The molecule has 1 aromatic heterocycles. The van der Waals surface area contributed by atoms with Crippen LogP contribution < -0.4 is 5.32 Å². The van der Waals surface area contributed by atoms with Crippen molar-refractivity contribution < 1.29 is 0 Å². The average Bonchev–Trinajstić information content (AvgIpc) is 2.85. The van der Waals surface area contributed by atoms with Gasteiger partial charge in [0.15, 0.2) is 0 Å². The van der Waals surface area contributed by atoms with Gasteiger partial charge < -0.3 is 9.88 Å². The van der Waals surface area contributed by atoms with E-state index in [1.54, 1.807) is 0 Å². The molecule has 0 aliphatic carbocycles. The first kappa shape index (κ1) is 14.5. The summed E-state index contributed by atoms with van der Waals surface area (Å²) >= 11 is 0. The summed E-state index contributed by atoms with van der Waals surface area (Å²) in [5.74, 6) is 2.98. The van der Waals surface area contributed by atoms with E-state index in [0.717, 1.165) is 25.3 Å². The van der Waals surface area contributed by atoms with Gasteiger partial charge >= 0.3 is 0 Å². The number of unbranched alkanes of at least 4 members (excludes halogenated alkanes) is 1. The lowest BCUT2D eigenvalue weighted by Gasteiger charge is -2.26. The molecule has 0 aromatic carbocycles. The molecule has 0 saturated carbocycles. The Labute approximate surface area is 117 Å². The van der Waals surface area contributed by atoms with Gasteiger partial charge in [0.05, 0.1) is 6.04 Å². The highest BCUT2D eigenvalue weighted by atomic mass is 15.3. The second kappa shape index (κ2) is 7.04. The molecule has 0 spiro atoms. The molecule has 0 bridgehead atoms. The van der Waals surface area contributed by atoms with E-state index in [1.807, 2.05) is 0 Å². The number of fused-ring (bicyclic) bond motifs is 1. The molecular weight excluding hydrogens is 236 g/mol. The molecule has 2 heterocycles. The maximum absolute atomic E-state index is 4.53. The highest BCUT2D eigenvalue weighted by molar-refractivity contribution is 5.08. The predicted octanol–water partition coefficient (Wildman–Crippen LogP) is 3.41. The third-order valence-corrected chi connectivity index (χ3v) is 4.19. The van der Waals surface area contributed by atoms with Gasteiger partial charge in [-0.3, -0.25) is 0 Å². The van der Waals surface area contributed by atoms with E-state index in [0.29, 0.717) is 12.0 Å². The SMILES string of the molecule is CCCCC(CC)c1nnc2n1CCNC2CCC. The summed E-state index contributed by atoms with van der Waals surface area (Å²) in [6, 6.07) is 0.406. The van der Waals surface area contributed by atoms with Gasteiger partial charge in [-0.05, 0) is 19.3 Å².